The zero-order chi connectivity index (χ0) is 16.6. The minimum absolute atomic E-state index is 0.304. The van der Waals surface area contributed by atoms with E-state index in [4.69, 9.17) is 0 Å². The van der Waals surface area contributed by atoms with Crippen LogP contribution in [0, 0.1) is 12.8 Å². The van der Waals surface area contributed by atoms with Gasteiger partial charge >= 0.3 is 5.97 Å². The van der Waals surface area contributed by atoms with Crippen LogP contribution in [-0.4, -0.2) is 27.1 Å². The predicted molar refractivity (Wildman–Crippen MR) is 93.3 cm³/mol. The Hall–Kier alpha value is -1.69. The fraction of sp³-hybridized carbons (Fsp3) is 0.588. The number of hydrogen-bond donors (Lipinski definition) is 2. The molecule has 0 saturated heterocycles. The average Bonchev–Trinajstić information content (AvgIpc) is 2.83. The van der Waals surface area contributed by atoms with Gasteiger partial charge in [-0.05, 0) is 50.5 Å². The van der Waals surface area contributed by atoms with Crippen LogP contribution >= 0.6 is 11.3 Å². The second-order valence-corrected chi connectivity index (χ2v) is 7.76. The third kappa shape index (κ3) is 3.32. The van der Waals surface area contributed by atoms with Crippen molar-refractivity contribution in [3.63, 3.8) is 0 Å². The van der Waals surface area contributed by atoms with Gasteiger partial charge in [-0.15, -0.1) is 11.3 Å². The molecule has 0 amide bonds. The lowest BCUT2D eigenvalue weighted by Crippen LogP contribution is -2.31. The Morgan fingerprint density at radius 1 is 1.30 bits per heavy atom. The first-order chi connectivity index (χ1) is 11.0. The van der Waals surface area contributed by atoms with Gasteiger partial charge in [0.2, 0.25) is 0 Å². The Labute approximate surface area is 140 Å². The number of rotatable bonds is 5. The van der Waals surface area contributed by atoms with E-state index < -0.39 is 12.0 Å². The molecule has 2 aromatic heterocycles. The number of aliphatic carboxylic acids is 1. The average molecular weight is 333 g/mol. The molecule has 1 aliphatic rings. The number of anilines is 1. The SMILES string of the molecule is Cc1nc(N[C@@H](CC(C)C)C(=O)O)c2c3c(sc2n1)CCCC3. The van der Waals surface area contributed by atoms with E-state index in [9.17, 15) is 9.90 Å². The number of thiophene rings is 1. The number of hydrogen-bond acceptors (Lipinski definition) is 5. The third-order valence-electron chi connectivity index (χ3n) is 4.24. The number of aromatic nitrogens is 2. The molecule has 23 heavy (non-hydrogen) atoms. The van der Waals surface area contributed by atoms with Crippen LogP contribution < -0.4 is 5.32 Å². The van der Waals surface area contributed by atoms with Gasteiger partial charge in [-0.25, -0.2) is 14.8 Å². The summed E-state index contributed by atoms with van der Waals surface area (Å²) in [6.45, 7) is 5.93. The molecule has 2 N–H and O–H groups in total. The van der Waals surface area contributed by atoms with Crippen LogP contribution in [0.15, 0.2) is 0 Å². The lowest BCUT2D eigenvalue weighted by atomic mass is 9.96. The Bertz CT molecular complexity index is 739. The number of nitrogens with zero attached hydrogens (tertiary/aromatic N) is 2. The summed E-state index contributed by atoms with van der Waals surface area (Å²) in [5.74, 6) is 0.859. The molecule has 0 saturated carbocycles. The highest BCUT2D eigenvalue weighted by Crippen LogP contribution is 2.38. The number of fused-ring (bicyclic) bond motifs is 3. The molecule has 1 aliphatic carbocycles. The second-order valence-electron chi connectivity index (χ2n) is 6.68. The van der Waals surface area contributed by atoms with Crippen LogP contribution in [0.1, 0.15) is 49.4 Å². The minimum Gasteiger partial charge on any atom is -0.480 e. The molecule has 3 rings (SSSR count). The number of carboxylic acid groups (broad SMARTS) is 1. The third-order valence-corrected chi connectivity index (χ3v) is 5.43. The molecule has 0 aliphatic heterocycles. The summed E-state index contributed by atoms with van der Waals surface area (Å²) < 4.78 is 0. The maximum atomic E-state index is 11.6. The van der Waals surface area contributed by atoms with E-state index in [-0.39, 0.29) is 0 Å². The van der Waals surface area contributed by atoms with Crippen molar-refractivity contribution in [2.75, 3.05) is 5.32 Å². The Kier molecular flexibility index (Phi) is 4.53. The number of carbonyl (C=O) groups is 1. The molecule has 5 nitrogen and oxygen atoms in total. The van der Waals surface area contributed by atoms with Crippen LogP contribution in [-0.2, 0) is 17.6 Å². The van der Waals surface area contributed by atoms with Crippen molar-refractivity contribution >= 4 is 33.3 Å². The van der Waals surface area contributed by atoms with Crippen molar-refractivity contribution < 1.29 is 9.90 Å². The van der Waals surface area contributed by atoms with E-state index >= 15 is 0 Å². The van der Waals surface area contributed by atoms with Crippen molar-refractivity contribution in [3.05, 3.63) is 16.3 Å². The Morgan fingerprint density at radius 3 is 2.74 bits per heavy atom. The lowest BCUT2D eigenvalue weighted by Gasteiger charge is -2.19. The van der Waals surface area contributed by atoms with Crippen LogP contribution in [0.25, 0.3) is 10.2 Å². The van der Waals surface area contributed by atoms with Gasteiger partial charge in [0.25, 0.3) is 0 Å². The van der Waals surface area contributed by atoms with Crippen molar-refractivity contribution in [1.29, 1.82) is 0 Å². The Morgan fingerprint density at radius 2 is 2.04 bits per heavy atom. The van der Waals surface area contributed by atoms with Gasteiger partial charge in [-0.1, -0.05) is 13.8 Å². The molecule has 0 bridgehead atoms. The molecule has 0 aromatic carbocycles. The van der Waals surface area contributed by atoms with Gasteiger partial charge in [0, 0.05) is 4.88 Å². The molecule has 0 fully saturated rings. The van der Waals surface area contributed by atoms with Crippen molar-refractivity contribution in [3.8, 4) is 0 Å². The molecule has 0 spiro atoms. The highest BCUT2D eigenvalue weighted by molar-refractivity contribution is 7.19. The number of aryl methyl sites for hydroxylation is 3. The molecule has 1 atom stereocenters. The first-order valence-electron chi connectivity index (χ1n) is 8.24. The zero-order valence-corrected chi connectivity index (χ0v) is 14.7. The maximum absolute atomic E-state index is 11.6. The van der Waals surface area contributed by atoms with E-state index in [0.717, 1.165) is 23.1 Å². The molecular weight excluding hydrogens is 310 g/mol. The summed E-state index contributed by atoms with van der Waals surface area (Å²) in [4.78, 5) is 23.1. The fourth-order valence-corrected chi connectivity index (χ4v) is 4.53. The molecule has 124 valence electrons. The predicted octanol–water partition coefficient (Wildman–Crippen LogP) is 3.79. The van der Waals surface area contributed by atoms with Crippen LogP contribution in [0.3, 0.4) is 0 Å². The van der Waals surface area contributed by atoms with E-state index in [1.807, 2.05) is 20.8 Å². The summed E-state index contributed by atoms with van der Waals surface area (Å²) in [6.07, 6.45) is 5.12. The maximum Gasteiger partial charge on any atom is 0.326 e. The lowest BCUT2D eigenvalue weighted by molar-refractivity contribution is -0.138. The minimum atomic E-state index is -0.827. The standard InChI is InChI=1S/C17H23N3O2S/c1-9(2)8-12(17(21)22)20-15-14-11-6-4-5-7-13(11)23-16(14)19-10(3)18-15/h9,12H,4-8H2,1-3H3,(H,21,22)(H,18,19,20)/t12-/m0/s1. The normalized spacial score (nSPS) is 15.7. The summed E-state index contributed by atoms with van der Waals surface area (Å²) in [6, 6.07) is -0.619. The summed E-state index contributed by atoms with van der Waals surface area (Å²) in [5.41, 5.74) is 1.33. The highest BCUT2D eigenvalue weighted by Gasteiger charge is 2.24. The van der Waals surface area contributed by atoms with Crippen molar-refractivity contribution in [1.82, 2.24) is 9.97 Å². The fourth-order valence-electron chi connectivity index (χ4n) is 3.23. The molecule has 0 unspecified atom stereocenters. The number of carboxylic acids is 1. The van der Waals surface area contributed by atoms with E-state index in [0.29, 0.717) is 24.0 Å². The topological polar surface area (TPSA) is 75.1 Å². The zero-order valence-electron chi connectivity index (χ0n) is 13.8. The summed E-state index contributed by atoms with van der Waals surface area (Å²) in [5, 5.41) is 13.7. The number of nitrogens with one attached hydrogen (secondary N) is 1. The van der Waals surface area contributed by atoms with Gasteiger partial charge in [0.15, 0.2) is 0 Å². The quantitative estimate of drug-likeness (QED) is 0.870. The highest BCUT2D eigenvalue weighted by atomic mass is 32.1. The van der Waals surface area contributed by atoms with Gasteiger partial charge in [-0.3, -0.25) is 0 Å². The van der Waals surface area contributed by atoms with Crippen molar-refractivity contribution in [2.45, 2.75) is 58.9 Å². The monoisotopic (exact) mass is 333 g/mol. The second kappa shape index (κ2) is 6.43. The van der Waals surface area contributed by atoms with Crippen LogP contribution in [0.5, 0.6) is 0 Å². The van der Waals surface area contributed by atoms with Gasteiger partial charge in [0.05, 0.1) is 5.39 Å². The van der Waals surface area contributed by atoms with Crippen LogP contribution in [0.4, 0.5) is 5.82 Å². The van der Waals surface area contributed by atoms with Gasteiger partial charge in [0.1, 0.15) is 22.5 Å². The Balaban J connectivity index is 2.05. The van der Waals surface area contributed by atoms with Gasteiger partial charge in [-0.2, -0.15) is 0 Å². The molecule has 6 heteroatoms. The largest absolute Gasteiger partial charge is 0.480 e. The first kappa shape index (κ1) is 16.2. The van der Waals surface area contributed by atoms with E-state index in [1.54, 1.807) is 11.3 Å². The summed E-state index contributed by atoms with van der Waals surface area (Å²) in [7, 11) is 0. The van der Waals surface area contributed by atoms with Crippen molar-refractivity contribution in [2.24, 2.45) is 5.92 Å². The first-order valence-corrected chi connectivity index (χ1v) is 9.05. The molecule has 2 heterocycles. The molecule has 0 radical (unpaired) electrons. The molecular formula is C17H23N3O2S. The smallest absolute Gasteiger partial charge is 0.326 e. The molecule has 2 aromatic rings. The van der Waals surface area contributed by atoms with E-state index in [1.165, 1.54) is 23.3 Å². The van der Waals surface area contributed by atoms with E-state index in [2.05, 4.69) is 15.3 Å². The van der Waals surface area contributed by atoms with Gasteiger partial charge < -0.3 is 10.4 Å². The van der Waals surface area contributed by atoms with Crippen LogP contribution in [0.2, 0.25) is 0 Å². The summed E-state index contributed by atoms with van der Waals surface area (Å²) >= 11 is 1.74.